The lowest BCUT2D eigenvalue weighted by Crippen LogP contribution is -2.14. The Balaban J connectivity index is 1.90. The van der Waals surface area contributed by atoms with Crippen LogP contribution in [0.2, 0.25) is 5.02 Å². The summed E-state index contributed by atoms with van der Waals surface area (Å²) in [6.45, 7) is 0.188. The minimum atomic E-state index is -0.489. The Hall–Kier alpha value is -2.82. The monoisotopic (exact) mass is 401 g/mol. The van der Waals surface area contributed by atoms with Crippen LogP contribution >= 0.6 is 23.4 Å². The first-order valence-electron chi connectivity index (χ1n) is 7.77. The van der Waals surface area contributed by atoms with Gasteiger partial charge in [-0.3, -0.25) is 4.79 Å². The summed E-state index contributed by atoms with van der Waals surface area (Å²) >= 11 is 7.05. The van der Waals surface area contributed by atoms with Crippen LogP contribution in [-0.4, -0.2) is 16.2 Å². The van der Waals surface area contributed by atoms with Gasteiger partial charge in [0.2, 0.25) is 0 Å². The molecule has 136 valence electrons. The molecule has 1 N–H and O–H groups in total. The summed E-state index contributed by atoms with van der Waals surface area (Å²) in [6, 6.07) is 13.2. The smallest absolute Gasteiger partial charge is 0.270 e. The summed E-state index contributed by atoms with van der Waals surface area (Å²) in [5.74, 6) is 0.0287. The van der Waals surface area contributed by atoms with Crippen LogP contribution in [-0.2, 0) is 6.61 Å². The van der Waals surface area contributed by atoms with Gasteiger partial charge in [0.15, 0.2) is 5.16 Å². The molecule has 0 aliphatic rings. The van der Waals surface area contributed by atoms with Crippen molar-refractivity contribution in [3.63, 3.8) is 0 Å². The van der Waals surface area contributed by atoms with Gasteiger partial charge in [0, 0.05) is 5.56 Å². The van der Waals surface area contributed by atoms with Gasteiger partial charge in [-0.1, -0.05) is 41.6 Å². The fourth-order valence-corrected chi connectivity index (χ4v) is 2.97. The van der Waals surface area contributed by atoms with Crippen LogP contribution in [0, 0.1) is 17.1 Å². The summed E-state index contributed by atoms with van der Waals surface area (Å²) in [5.41, 5.74) is 1.04. The number of nitrogens with one attached hydrogen (secondary N) is 1. The van der Waals surface area contributed by atoms with Crippen LogP contribution in [0.25, 0.3) is 11.3 Å². The number of nitriles is 1. The molecule has 0 aliphatic heterocycles. The van der Waals surface area contributed by atoms with E-state index >= 15 is 0 Å². The zero-order valence-corrected chi connectivity index (χ0v) is 15.7. The quantitative estimate of drug-likeness (QED) is 0.506. The van der Waals surface area contributed by atoms with E-state index in [2.05, 4.69) is 9.97 Å². The van der Waals surface area contributed by atoms with Crippen LogP contribution < -0.4 is 10.3 Å². The first kappa shape index (κ1) is 19.0. The van der Waals surface area contributed by atoms with Crippen molar-refractivity contribution in [2.75, 3.05) is 6.26 Å². The molecule has 0 atom stereocenters. The van der Waals surface area contributed by atoms with E-state index in [1.807, 2.05) is 6.07 Å². The number of H-pyrrole nitrogens is 1. The molecular weight excluding hydrogens is 389 g/mol. The van der Waals surface area contributed by atoms with E-state index in [-0.39, 0.29) is 17.2 Å². The second kappa shape index (κ2) is 8.25. The Labute approximate surface area is 163 Å². The molecule has 0 spiro atoms. The van der Waals surface area contributed by atoms with Crippen molar-refractivity contribution < 1.29 is 9.13 Å². The molecule has 0 unspecified atom stereocenters. The summed E-state index contributed by atoms with van der Waals surface area (Å²) in [5, 5.41) is 9.75. The van der Waals surface area contributed by atoms with Crippen molar-refractivity contribution in [3.05, 3.63) is 74.8 Å². The maximum Gasteiger partial charge on any atom is 0.270 e. The Bertz CT molecular complexity index is 1100. The number of thioether (sulfide) groups is 1. The van der Waals surface area contributed by atoms with Crippen LogP contribution in [0.15, 0.2) is 52.4 Å². The molecule has 8 heteroatoms. The second-order valence-corrected chi connectivity index (χ2v) is 6.68. The molecule has 2 aromatic carbocycles. The Morgan fingerprint density at radius 1 is 1.33 bits per heavy atom. The van der Waals surface area contributed by atoms with Crippen LogP contribution in [0.4, 0.5) is 4.39 Å². The number of rotatable bonds is 5. The van der Waals surface area contributed by atoms with Gasteiger partial charge in [-0.2, -0.15) is 5.26 Å². The zero-order chi connectivity index (χ0) is 19.4. The third-order valence-corrected chi connectivity index (χ3v) is 4.57. The number of aromatic amines is 1. The van der Waals surface area contributed by atoms with Crippen molar-refractivity contribution in [1.82, 2.24) is 9.97 Å². The lowest BCUT2D eigenvalue weighted by Gasteiger charge is -2.10. The molecule has 3 aromatic rings. The van der Waals surface area contributed by atoms with Gasteiger partial charge in [-0.25, -0.2) is 9.37 Å². The fraction of sp³-hybridized carbons (Fsp3) is 0.105. The van der Waals surface area contributed by atoms with Crippen molar-refractivity contribution in [2.24, 2.45) is 0 Å². The molecule has 0 saturated heterocycles. The maximum absolute atomic E-state index is 13.2. The van der Waals surface area contributed by atoms with Crippen molar-refractivity contribution in [2.45, 2.75) is 11.8 Å². The summed E-state index contributed by atoms with van der Waals surface area (Å²) in [6.07, 6.45) is 1.78. The molecular formula is C19H13ClFN3O2S. The van der Waals surface area contributed by atoms with E-state index in [1.165, 1.54) is 23.9 Å². The van der Waals surface area contributed by atoms with Gasteiger partial charge in [0.25, 0.3) is 5.56 Å². The number of hydrogen-bond acceptors (Lipinski definition) is 5. The first-order valence-corrected chi connectivity index (χ1v) is 9.37. The largest absolute Gasteiger partial charge is 0.489 e. The molecule has 1 heterocycles. The predicted octanol–water partition coefficient (Wildman–Crippen LogP) is 4.40. The lowest BCUT2D eigenvalue weighted by atomic mass is 10.1. The molecule has 0 saturated carbocycles. The van der Waals surface area contributed by atoms with E-state index in [4.69, 9.17) is 16.3 Å². The molecule has 0 fully saturated rings. The van der Waals surface area contributed by atoms with Gasteiger partial charge in [-0.05, 0) is 36.1 Å². The minimum Gasteiger partial charge on any atom is -0.489 e. The van der Waals surface area contributed by atoms with Gasteiger partial charge < -0.3 is 9.72 Å². The highest BCUT2D eigenvalue weighted by Gasteiger charge is 2.14. The SMILES string of the molecule is CSc1nc(-c2cccc(OCc3ccc(F)c(Cl)c3)c2)c(C#N)c(=O)[nH]1. The predicted molar refractivity (Wildman–Crippen MR) is 103 cm³/mol. The Morgan fingerprint density at radius 2 is 2.15 bits per heavy atom. The number of ether oxygens (including phenoxy) is 1. The second-order valence-electron chi connectivity index (χ2n) is 5.48. The molecule has 27 heavy (non-hydrogen) atoms. The third kappa shape index (κ3) is 4.30. The van der Waals surface area contributed by atoms with Crippen molar-refractivity contribution in [1.29, 1.82) is 5.26 Å². The van der Waals surface area contributed by atoms with E-state index in [0.29, 0.717) is 27.7 Å². The van der Waals surface area contributed by atoms with Gasteiger partial charge in [0.1, 0.15) is 29.8 Å². The van der Waals surface area contributed by atoms with Crippen LogP contribution in [0.3, 0.4) is 0 Å². The van der Waals surface area contributed by atoms with E-state index in [0.717, 1.165) is 0 Å². The van der Waals surface area contributed by atoms with E-state index < -0.39 is 11.4 Å². The average Bonchev–Trinajstić information content (AvgIpc) is 2.68. The molecule has 0 bridgehead atoms. The fourth-order valence-electron chi connectivity index (χ4n) is 2.39. The molecule has 0 aliphatic carbocycles. The van der Waals surface area contributed by atoms with Crippen molar-refractivity contribution in [3.8, 4) is 23.1 Å². The van der Waals surface area contributed by atoms with Crippen molar-refractivity contribution >= 4 is 23.4 Å². The summed E-state index contributed by atoms with van der Waals surface area (Å²) in [4.78, 5) is 19.0. The first-order chi connectivity index (χ1) is 13.0. The van der Waals surface area contributed by atoms with E-state index in [1.54, 1.807) is 36.6 Å². The molecule has 0 amide bonds. The molecule has 5 nitrogen and oxygen atoms in total. The summed E-state index contributed by atoms with van der Waals surface area (Å²) in [7, 11) is 0. The number of halogens is 2. The number of hydrogen-bond donors (Lipinski definition) is 1. The number of nitrogens with zero attached hydrogens (tertiary/aromatic N) is 2. The lowest BCUT2D eigenvalue weighted by molar-refractivity contribution is 0.306. The zero-order valence-electron chi connectivity index (χ0n) is 14.1. The minimum absolute atomic E-state index is 0.0285. The summed E-state index contributed by atoms with van der Waals surface area (Å²) < 4.78 is 19.0. The van der Waals surface area contributed by atoms with Gasteiger partial charge >= 0.3 is 0 Å². The van der Waals surface area contributed by atoms with Crippen LogP contribution in [0.5, 0.6) is 5.75 Å². The Morgan fingerprint density at radius 3 is 2.85 bits per heavy atom. The Kier molecular flexibility index (Phi) is 5.79. The topological polar surface area (TPSA) is 78.8 Å². The molecule has 1 aromatic heterocycles. The molecule has 0 radical (unpaired) electrons. The normalized spacial score (nSPS) is 10.4. The third-order valence-electron chi connectivity index (χ3n) is 3.70. The van der Waals surface area contributed by atoms with Gasteiger partial charge in [-0.15, -0.1) is 0 Å². The van der Waals surface area contributed by atoms with Gasteiger partial charge in [0.05, 0.1) is 10.7 Å². The highest BCUT2D eigenvalue weighted by Crippen LogP contribution is 2.26. The number of benzene rings is 2. The molecule has 3 rings (SSSR count). The highest BCUT2D eigenvalue weighted by molar-refractivity contribution is 7.98. The highest BCUT2D eigenvalue weighted by atomic mass is 35.5. The van der Waals surface area contributed by atoms with Crippen LogP contribution in [0.1, 0.15) is 11.1 Å². The standard InChI is InChI=1S/C19H13ClFN3O2S/c1-27-19-23-17(14(9-22)18(25)24-19)12-3-2-4-13(8-12)26-10-11-5-6-16(21)15(20)7-11/h2-8H,10H2,1H3,(H,23,24,25). The average molecular weight is 402 g/mol. The maximum atomic E-state index is 13.2. The van der Waals surface area contributed by atoms with E-state index in [9.17, 15) is 14.4 Å². The number of aromatic nitrogens is 2.